The number of rotatable bonds is 2. The van der Waals surface area contributed by atoms with Crippen LogP contribution in [0.25, 0.3) is 11.5 Å². The maximum atomic E-state index is 4.97. The summed E-state index contributed by atoms with van der Waals surface area (Å²) in [7, 11) is 0. The summed E-state index contributed by atoms with van der Waals surface area (Å²) < 4.78 is 4.97. The lowest BCUT2D eigenvalue weighted by Gasteiger charge is -2.04. The topological polar surface area (TPSA) is 38.9 Å². The average molecular weight is 187 g/mol. The highest BCUT2D eigenvalue weighted by atomic mass is 16.4. The summed E-state index contributed by atoms with van der Waals surface area (Å²) in [6, 6.07) is 8.11. The van der Waals surface area contributed by atoms with Crippen molar-refractivity contribution >= 4 is 0 Å². The largest absolute Gasteiger partial charge is 0.412 e. The molecule has 0 unspecified atom stereocenters. The quantitative estimate of drug-likeness (QED) is 0.725. The Labute approximate surface area is 82.8 Å². The van der Waals surface area contributed by atoms with Crippen molar-refractivity contribution in [3.8, 4) is 11.5 Å². The molecule has 1 radical (unpaired) electrons. The van der Waals surface area contributed by atoms with Crippen molar-refractivity contribution in [2.75, 3.05) is 0 Å². The molecule has 3 nitrogen and oxygen atoms in total. The monoisotopic (exact) mass is 187 g/mol. The normalized spacial score (nSPS) is 10.8. The molecular formula is C11H11N2O. The van der Waals surface area contributed by atoms with Gasteiger partial charge in [-0.05, 0) is 23.6 Å². The fourth-order valence-electron chi connectivity index (χ4n) is 1.28. The Kier molecular flexibility index (Phi) is 2.31. The second-order valence-corrected chi connectivity index (χ2v) is 3.48. The van der Waals surface area contributed by atoms with Gasteiger partial charge in [-0.25, -0.2) is 0 Å². The van der Waals surface area contributed by atoms with Gasteiger partial charge >= 0.3 is 6.39 Å². The molecule has 0 aliphatic carbocycles. The zero-order chi connectivity index (χ0) is 9.97. The smallest absolute Gasteiger partial charge is 0.306 e. The molecule has 0 N–H and O–H groups in total. The summed E-state index contributed by atoms with van der Waals surface area (Å²) in [5.74, 6) is 1.05. The van der Waals surface area contributed by atoms with Gasteiger partial charge in [0, 0.05) is 5.56 Å². The fraction of sp³-hybridized carbons (Fsp3) is 0.273. The molecule has 0 fully saturated rings. The van der Waals surface area contributed by atoms with Crippen LogP contribution in [-0.4, -0.2) is 10.2 Å². The maximum absolute atomic E-state index is 4.97. The Bertz CT molecular complexity index is 390. The van der Waals surface area contributed by atoms with E-state index in [2.05, 4.69) is 42.6 Å². The minimum atomic E-state index is 0.514. The van der Waals surface area contributed by atoms with E-state index in [4.69, 9.17) is 4.42 Å². The van der Waals surface area contributed by atoms with Gasteiger partial charge < -0.3 is 4.42 Å². The molecule has 0 aliphatic rings. The third-order valence-corrected chi connectivity index (χ3v) is 2.15. The number of hydrogen-bond acceptors (Lipinski definition) is 3. The Morgan fingerprint density at radius 2 is 1.93 bits per heavy atom. The van der Waals surface area contributed by atoms with E-state index in [0.717, 1.165) is 5.56 Å². The molecule has 0 amide bonds. The van der Waals surface area contributed by atoms with Crippen molar-refractivity contribution in [3.05, 3.63) is 36.2 Å². The van der Waals surface area contributed by atoms with E-state index in [0.29, 0.717) is 11.8 Å². The summed E-state index contributed by atoms with van der Waals surface area (Å²) in [5, 5.41) is 7.30. The molecule has 0 spiro atoms. The van der Waals surface area contributed by atoms with Gasteiger partial charge in [0.2, 0.25) is 5.89 Å². The van der Waals surface area contributed by atoms with Gasteiger partial charge in [0.25, 0.3) is 0 Å². The summed E-state index contributed by atoms with van der Waals surface area (Å²) in [6.45, 7) is 4.32. The SMILES string of the molecule is CC(C)c1ccc(-c2nn[c]o2)cc1. The van der Waals surface area contributed by atoms with Gasteiger partial charge in [-0.15, -0.1) is 10.2 Å². The standard InChI is InChI=1S/C11H11N2O/c1-8(2)9-3-5-10(6-4-9)11-13-12-7-14-11/h3-6,8H,1-2H3. The van der Waals surface area contributed by atoms with Gasteiger partial charge in [-0.3, -0.25) is 0 Å². The average Bonchev–Trinajstić information content (AvgIpc) is 2.71. The van der Waals surface area contributed by atoms with Crippen LogP contribution in [0.1, 0.15) is 25.3 Å². The van der Waals surface area contributed by atoms with Crippen molar-refractivity contribution in [1.82, 2.24) is 10.2 Å². The lowest BCUT2D eigenvalue weighted by molar-refractivity contribution is 0.559. The predicted molar refractivity (Wildman–Crippen MR) is 52.7 cm³/mol. The van der Waals surface area contributed by atoms with E-state index in [1.54, 1.807) is 0 Å². The summed E-state index contributed by atoms with van der Waals surface area (Å²) in [5.41, 5.74) is 2.24. The van der Waals surface area contributed by atoms with Crippen LogP contribution >= 0.6 is 0 Å². The van der Waals surface area contributed by atoms with E-state index < -0.39 is 0 Å². The zero-order valence-electron chi connectivity index (χ0n) is 8.19. The summed E-state index contributed by atoms with van der Waals surface area (Å²) >= 11 is 0. The molecule has 0 saturated carbocycles. The van der Waals surface area contributed by atoms with Gasteiger partial charge in [-0.1, -0.05) is 26.0 Å². The van der Waals surface area contributed by atoms with Crippen LogP contribution in [0, 0.1) is 6.39 Å². The molecule has 14 heavy (non-hydrogen) atoms. The van der Waals surface area contributed by atoms with Crippen molar-refractivity contribution < 1.29 is 4.42 Å². The molecule has 3 heteroatoms. The first kappa shape index (κ1) is 8.94. The van der Waals surface area contributed by atoms with Crippen LogP contribution in [0.2, 0.25) is 0 Å². The molecule has 0 aliphatic heterocycles. The zero-order valence-corrected chi connectivity index (χ0v) is 8.19. The first-order chi connectivity index (χ1) is 6.77. The lowest BCUT2D eigenvalue weighted by Crippen LogP contribution is -1.86. The van der Waals surface area contributed by atoms with Crippen molar-refractivity contribution in [1.29, 1.82) is 0 Å². The lowest BCUT2D eigenvalue weighted by atomic mass is 10.0. The van der Waals surface area contributed by atoms with Crippen LogP contribution in [0.5, 0.6) is 0 Å². The van der Waals surface area contributed by atoms with E-state index in [1.807, 2.05) is 12.1 Å². The maximum Gasteiger partial charge on any atom is 0.306 e. The highest BCUT2D eigenvalue weighted by Crippen LogP contribution is 2.20. The summed E-state index contributed by atoms with van der Waals surface area (Å²) in [4.78, 5) is 0. The predicted octanol–water partition coefficient (Wildman–Crippen LogP) is 2.66. The third-order valence-electron chi connectivity index (χ3n) is 2.15. The number of nitrogens with zero attached hydrogens (tertiary/aromatic N) is 2. The van der Waals surface area contributed by atoms with Crippen molar-refractivity contribution in [2.24, 2.45) is 0 Å². The Morgan fingerprint density at radius 3 is 2.43 bits per heavy atom. The van der Waals surface area contributed by atoms with E-state index in [-0.39, 0.29) is 0 Å². The van der Waals surface area contributed by atoms with E-state index in [1.165, 1.54) is 5.56 Å². The first-order valence-electron chi connectivity index (χ1n) is 4.57. The Hall–Kier alpha value is -1.64. The minimum Gasteiger partial charge on any atom is -0.412 e. The van der Waals surface area contributed by atoms with Gasteiger partial charge in [-0.2, -0.15) is 0 Å². The van der Waals surface area contributed by atoms with Gasteiger partial charge in [0.15, 0.2) is 0 Å². The van der Waals surface area contributed by atoms with Crippen molar-refractivity contribution in [2.45, 2.75) is 19.8 Å². The van der Waals surface area contributed by atoms with Crippen LogP contribution in [0.3, 0.4) is 0 Å². The molecule has 1 aromatic carbocycles. The van der Waals surface area contributed by atoms with Crippen LogP contribution in [-0.2, 0) is 0 Å². The van der Waals surface area contributed by atoms with Crippen molar-refractivity contribution in [3.63, 3.8) is 0 Å². The molecule has 2 rings (SSSR count). The number of aromatic nitrogens is 2. The molecule has 0 saturated heterocycles. The van der Waals surface area contributed by atoms with Crippen LogP contribution in [0.15, 0.2) is 28.7 Å². The highest BCUT2D eigenvalue weighted by Gasteiger charge is 2.04. The second kappa shape index (κ2) is 3.62. The minimum absolute atomic E-state index is 0.514. The van der Waals surface area contributed by atoms with E-state index >= 15 is 0 Å². The first-order valence-corrected chi connectivity index (χ1v) is 4.57. The number of hydrogen-bond donors (Lipinski definition) is 0. The van der Waals surface area contributed by atoms with Gasteiger partial charge in [0.05, 0.1) is 0 Å². The molecule has 0 bridgehead atoms. The molecule has 2 aromatic rings. The third kappa shape index (κ3) is 1.66. The molecule has 0 atom stereocenters. The Balaban J connectivity index is 2.31. The fourth-order valence-corrected chi connectivity index (χ4v) is 1.28. The van der Waals surface area contributed by atoms with Crippen LogP contribution in [0.4, 0.5) is 0 Å². The van der Waals surface area contributed by atoms with E-state index in [9.17, 15) is 0 Å². The second-order valence-electron chi connectivity index (χ2n) is 3.48. The Morgan fingerprint density at radius 1 is 1.21 bits per heavy atom. The molecular weight excluding hydrogens is 176 g/mol. The highest BCUT2D eigenvalue weighted by molar-refractivity contribution is 5.52. The summed E-state index contributed by atoms with van der Waals surface area (Å²) in [6.07, 6.45) is 2.33. The number of benzene rings is 1. The van der Waals surface area contributed by atoms with Crippen LogP contribution < -0.4 is 0 Å². The molecule has 71 valence electrons. The van der Waals surface area contributed by atoms with Gasteiger partial charge in [0.1, 0.15) is 0 Å². The molecule has 1 aromatic heterocycles. The molecule has 1 heterocycles.